The number of ether oxygens (including phenoxy) is 1. The molecule has 1 amide bonds. The smallest absolute Gasteiger partial charge is 0.253 e. The van der Waals surface area contributed by atoms with Gasteiger partial charge in [-0.3, -0.25) is 4.79 Å². The molecule has 21 heavy (non-hydrogen) atoms. The normalized spacial score (nSPS) is 11.8. The van der Waals surface area contributed by atoms with E-state index < -0.39 is 0 Å². The van der Waals surface area contributed by atoms with E-state index in [1.54, 1.807) is 25.3 Å². The zero-order valence-corrected chi connectivity index (χ0v) is 12.5. The van der Waals surface area contributed by atoms with Gasteiger partial charge in [0.05, 0.1) is 18.7 Å². The van der Waals surface area contributed by atoms with E-state index in [-0.39, 0.29) is 11.9 Å². The zero-order valence-electron chi connectivity index (χ0n) is 12.5. The van der Waals surface area contributed by atoms with Gasteiger partial charge in [0, 0.05) is 5.69 Å². The van der Waals surface area contributed by atoms with Crippen LogP contribution in [0.25, 0.3) is 0 Å². The van der Waals surface area contributed by atoms with Gasteiger partial charge in [0.2, 0.25) is 0 Å². The summed E-state index contributed by atoms with van der Waals surface area (Å²) in [5, 5.41) is 2.95. The number of hydrogen-bond acceptors (Lipinski definition) is 3. The van der Waals surface area contributed by atoms with Crippen LogP contribution in [0.15, 0.2) is 42.5 Å². The van der Waals surface area contributed by atoms with Crippen molar-refractivity contribution in [2.75, 3.05) is 12.8 Å². The molecule has 0 saturated heterocycles. The highest BCUT2D eigenvalue weighted by Crippen LogP contribution is 2.21. The van der Waals surface area contributed by atoms with Crippen molar-refractivity contribution in [3.63, 3.8) is 0 Å². The van der Waals surface area contributed by atoms with Crippen LogP contribution in [0.3, 0.4) is 0 Å². The third kappa shape index (κ3) is 3.54. The fourth-order valence-electron chi connectivity index (χ4n) is 2.07. The Kier molecular flexibility index (Phi) is 4.48. The number of hydrogen-bond donors (Lipinski definition) is 2. The van der Waals surface area contributed by atoms with Crippen LogP contribution in [0.1, 0.15) is 34.5 Å². The molecular formula is C17H20N2O2. The Balaban J connectivity index is 2.15. The second kappa shape index (κ2) is 6.31. The van der Waals surface area contributed by atoms with Crippen molar-refractivity contribution in [2.45, 2.75) is 19.9 Å². The van der Waals surface area contributed by atoms with Gasteiger partial charge >= 0.3 is 0 Å². The number of nitrogen functional groups attached to an aromatic ring is 1. The van der Waals surface area contributed by atoms with Crippen molar-refractivity contribution in [1.82, 2.24) is 5.32 Å². The molecule has 0 aromatic heterocycles. The number of nitrogens with two attached hydrogens (primary N) is 1. The highest BCUT2D eigenvalue weighted by Gasteiger charge is 2.14. The van der Waals surface area contributed by atoms with E-state index in [1.165, 1.54) is 5.56 Å². The third-order valence-corrected chi connectivity index (χ3v) is 3.43. The number of anilines is 1. The predicted octanol–water partition coefficient (Wildman–Crippen LogP) is 3.08. The number of carbonyl (C=O) groups is 1. The summed E-state index contributed by atoms with van der Waals surface area (Å²) in [6.45, 7) is 3.98. The lowest BCUT2D eigenvalue weighted by Crippen LogP contribution is -2.27. The van der Waals surface area contributed by atoms with Crippen molar-refractivity contribution < 1.29 is 9.53 Å². The van der Waals surface area contributed by atoms with Gasteiger partial charge < -0.3 is 15.8 Å². The number of rotatable bonds is 4. The van der Waals surface area contributed by atoms with Gasteiger partial charge in [0.25, 0.3) is 5.91 Å². The van der Waals surface area contributed by atoms with Crippen molar-refractivity contribution in [1.29, 1.82) is 0 Å². The number of nitrogens with one attached hydrogen (secondary N) is 1. The zero-order chi connectivity index (χ0) is 15.4. The molecule has 110 valence electrons. The minimum atomic E-state index is -0.209. The summed E-state index contributed by atoms with van der Waals surface area (Å²) in [4.78, 5) is 12.3. The fourth-order valence-corrected chi connectivity index (χ4v) is 2.07. The summed E-state index contributed by atoms with van der Waals surface area (Å²) in [6.07, 6.45) is 0. The molecule has 0 aliphatic carbocycles. The van der Waals surface area contributed by atoms with Crippen LogP contribution in [-0.4, -0.2) is 13.0 Å². The quantitative estimate of drug-likeness (QED) is 0.848. The maximum Gasteiger partial charge on any atom is 0.253 e. The largest absolute Gasteiger partial charge is 0.497 e. The summed E-state index contributed by atoms with van der Waals surface area (Å²) in [5.41, 5.74) is 8.96. The topological polar surface area (TPSA) is 64.3 Å². The Hall–Kier alpha value is -2.49. The van der Waals surface area contributed by atoms with Gasteiger partial charge in [-0.25, -0.2) is 0 Å². The van der Waals surface area contributed by atoms with Crippen LogP contribution in [0, 0.1) is 6.92 Å². The Bertz CT molecular complexity index is 636. The second-order valence-corrected chi connectivity index (χ2v) is 5.06. The number of amides is 1. The fraction of sp³-hybridized carbons (Fsp3) is 0.235. The molecule has 0 heterocycles. The Labute approximate surface area is 124 Å². The first kappa shape index (κ1) is 14.9. The van der Waals surface area contributed by atoms with Gasteiger partial charge in [-0.05, 0) is 37.6 Å². The summed E-state index contributed by atoms with van der Waals surface area (Å²) >= 11 is 0. The van der Waals surface area contributed by atoms with Gasteiger partial charge in [-0.1, -0.05) is 29.8 Å². The van der Waals surface area contributed by atoms with E-state index in [1.807, 2.05) is 38.1 Å². The second-order valence-electron chi connectivity index (χ2n) is 5.06. The molecule has 1 atom stereocenters. The standard InChI is InChI=1S/C17H20N2O2/c1-11-4-6-13(7-5-11)12(2)19-17(20)15-10-14(21-3)8-9-16(15)18/h4-10,12H,18H2,1-3H3,(H,19,20)/t12-/m1/s1. The molecule has 0 aliphatic heterocycles. The number of carbonyl (C=O) groups excluding carboxylic acids is 1. The summed E-state index contributed by atoms with van der Waals surface area (Å²) in [5.74, 6) is 0.400. The van der Waals surface area contributed by atoms with E-state index in [0.29, 0.717) is 17.0 Å². The van der Waals surface area contributed by atoms with E-state index >= 15 is 0 Å². The number of benzene rings is 2. The summed E-state index contributed by atoms with van der Waals surface area (Å²) in [7, 11) is 1.56. The maximum absolute atomic E-state index is 12.3. The van der Waals surface area contributed by atoms with Crippen molar-refractivity contribution in [3.8, 4) is 5.75 Å². The molecule has 4 heteroatoms. The van der Waals surface area contributed by atoms with Gasteiger partial charge in [-0.15, -0.1) is 0 Å². The first-order valence-corrected chi connectivity index (χ1v) is 6.82. The first-order valence-electron chi connectivity index (χ1n) is 6.82. The molecule has 2 aromatic carbocycles. The average molecular weight is 284 g/mol. The molecule has 0 radical (unpaired) electrons. The van der Waals surface area contributed by atoms with Crippen LogP contribution in [-0.2, 0) is 0 Å². The first-order chi connectivity index (χ1) is 10.0. The Morgan fingerprint density at radius 1 is 1.19 bits per heavy atom. The minimum Gasteiger partial charge on any atom is -0.497 e. The molecule has 2 aromatic rings. The Morgan fingerprint density at radius 3 is 2.48 bits per heavy atom. The molecule has 0 aliphatic rings. The van der Waals surface area contributed by atoms with Crippen LogP contribution in [0.2, 0.25) is 0 Å². The monoisotopic (exact) mass is 284 g/mol. The molecule has 0 fully saturated rings. The molecule has 0 bridgehead atoms. The number of aryl methyl sites for hydroxylation is 1. The van der Waals surface area contributed by atoms with Gasteiger partial charge in [-0.2, -0.15) is 0 Å². The molecular weight excluding hydrogens is 264 g/mol. The molecule has 2 rings (SSSR count). The van der Waals surface area contributed by atoms with Crippen molar-refractivity contribution in [3.05, 3.63) is 59.2 Å². The van der Waals surface area contributed by atoms with Crippen molar-refractivity contribution in [2.24, 2.45) is 0 Å². The van der Waals surface area contributed by atoms with Crippen LogP contribution < -0.4 is 15.8 Å². The molecule has 0 spiro atoms. The third-order valence-electron chi connectivity index (χ3n) is 3.43. The summed E-state index contributed by atoms with van der Waals surface area (Å²) < 4.78 is 5.13. The maximum atomic E-state index is 12.3. The van der Waals surface area contributed by atoms with Gasteiger partial charge in [0.15, 0.2) is 0 Å². The highest BCUT2D eigenvalue weighted by molar-refractivity contribution is 5.99. The van der Waals surface area contributed by atoms with E-state index in [0.717, 1.165) is 5.56 Å². The summed E-state index contributed by atoms with van der Waals surface area (Å²) in [6, 6.07) is 13.0. The lowest BCUT2D eigenvalue weighted by Gasteiger charge is -2.16. The lowest BCUT2D eigenvalue weighted by molar-refractivity contribution is 0.0940. The van der Waals surface area contributed by atoms with Crippen LogP contribution >= 0.6 is 0 Å². The lowest BCUT2D eigenvalue weighted by atomic mass is 10.1. The van der Waals surface area contributed by atoms with E-state index in [4.69, 9.17) is 10.5 Å². The SMILES string of the molecule is COc1ccc(N)c(C(=O)N[C@H](C)c2ccc(C)cc2)c1. The molecule has 0 saturated carbocycles. The molecule has 3 N–H and O–H groups in total. The predicted molar refractivity (Wildman–Crippen MR) is 84.5 cm³/mol. The minimum absolute atomic E-state index is 0.0938. The Morgan fingerprint density at radius 2 is 1.86 bits per heavy atom. The van der Waals surface area contributed by atoms with Crippen molar-refractivity contribution >= 4 is 11.6 Å². The molecule has 0 unspecified atom stereocenters. The van der Waals surface area contributed by atoms with Gasteiger partial charge in [0.1, 0.15) is 5.75 Å². The average Bonchev–Trinajstić information content (AvgIpc) is 2.48. The van der Waals surface area contributed by atoms with E-state index in [2.05, 4.69) is 5.32 Å². The number of methoxy groups -OCH3 is 1. The van der Waals surface area contributed by atoms with Crippen LogP contribution in [0.4, 0.5) is 5.69 Å². The van der Waals surface area contributed by atoms with E-state index in [9.17, 15) is 4.79 Å². The van der Waals surface area contributed by atoms with Crippen LogP contribution in [0.5, 0.6) is 5.75 Å². The molecule has 4 nitrogen and oxygen atoms in total. The highest BCUT2D eigenvalue weighted by atomic mass is 16.5.